The van der Waals surface area contributed by atoms with Gasteiger partial charge in [-0.2, -0.15) is 0 Å². The molecule has 0 aliphatic rings. The number of phenolic OH excluding ortho intramolecular Hbond substituents is 1. The van der Waals surface area contributed by atoms with Gasteiger partial charge in [-0.15, -0.1) is 0 Å². The highest BCUT2D eigenvalue weighted by Gasteiger charge is 2.24. The third-order valence-electron chi connectivity index (χ3n) is 2.85. The van der Waals surface area contributed by atoms with Crippen LogP contribution in [0.15, 0.2) is 24.3 Å². The summed E-state index contributed by atoms with van der Waals surface area (Å²) in [4.78, 5) is 22.8. The van der Waals surface area contributed by atoms with Crippen LogP contribution in [0, 0.1) is 0 Å². The van der Waals surface area contributed by atoms with Crippen LogP contribution in [0.2, 0.25) is 0 Å². The smallest absolute Gasteiger partial charge is 0.331 e. The molecule has 0 bridgehead atoms. The van der Waals surface area contributed by atoms with E-state index in [2.05, 4.69) is 4.74 Å². The topological polar surface area (TPSA) is 134 Å². The molecule has 126 valence electrons. The maximum Gasteiger partial charge on any atom is 0.331 e. The minimum Gasteiger partial charge on any atom is -0.504 e. The Labute approximate surface area is 132 Å². The van der Waals surface area contributed by atoms with Crippen LogP contribution in [0.25, 0.3) is 6.08 Å². The molecule has 0 saturated heterocycles. The third kappa shape index (κ3) is 5.70. The van der Waals surface area contributed by atoms with Crippen LogP contribution in [0.4, 0.5) is 0 Å². The summed E-state index contributed by atoms with van der Waals surface area (Å²) >= 11 is 0. The van der Waals surface area contributed by atoms with Gasteiger partial charge in [-0.3, -0.25) is 4.79 Å². The minimum absolute atomic E-state index is 0.0470. The van der Waals surface area contributed by atoms with E-state index in [0.717, 1.165) is 6.08 Å². The Morgan fingerprint density at radius 2 is 2.00 bits per heavy atom. The van der Waals surface area contributed by atoms with Crippen LogP contribution in [-0.2, 0) is 14.3 Å². The molecule has 0 unspecified atom stereocenters. The second-order valence-electron chi connectivity index (χ2n) is 4.53. The predicted molar refractivity (Wildman–Crippen MR) is 78.8 cm³/mol. The van der Waals surface area contributed by atoms with Gasteiger partial charge in [0.05, 0.1) is 13.7 Å². The Kier molecular flexibility index (Phi) is 7.20. The van der Waals surface area contributed by atoms with Crippen molar-refractivity contribution in [2.75, 3.05) is 20.3 Å². The van der Waals surface area contributed by atoms with Crippen molar-refractivity contribution in [1.29, 1.82) is 0 Å². The van der Waals surface area contributed by atoms with Crippen molar-refractivity contribution in [3.63, 3.8) is 0 Å². The zero-order valence-corrected chi connectivity index (χ0v) is 12.4. The number of hydrogen-bond acceptors (Lipinski definition) is 8. The van der Waals surface area contributed by atoms with Crippen LogP contribution >= 0.6 is 0 Å². The molecule has 2 atom stereocenters. The lowest BCUT2D eigenvalue weighted by molar-refractivity contribution is -0.149. The number of carbonyl (C=O) groups excluding carboxylic acids is 2. The number of Topliss-reactive ketones (excluding diaryl/α,β-unsaturated/α-hetero) is 1. The van der Waals surface area contributed by atoms with E-state index in [0.29, 0.717) is 5.56 Å². The lowest BCUT2D eigenvalue weighted by Gasteiger charge is -2.13. The number of hydrogen-bond donors (Lipinski definition) is 4. The molecule has 8 heteroatoms. The molecule has 8 nitrogen and oxygen atoms in total. The lowest BCUT2D eigenvalue weighted by atomic mass is 10.1. The van der Waals surface area contributed by atoms with Crippen LogP contribution in [0.1, 0.15) is 5.56 Å². The standard InChI is InChI=1S/C15H18O8/c1-22-13-6-9(2-4-10(13)17)3-5-14(20)23-8-12(19)15(21)11(18)7-16/h2-6,11,15-18,21H,7-8H2,1H3/t11-,15+/m0/s1. The van der Waals surface area contributed by atoms with Crippen molar-refractivity contribution in [2.45, 2.75) is 12.2 Å². The summed E-state index contributed by atoms with van der Waals surface area (Å²) in [7, 11) is 1.38. The number of phenols is 1. The molecule has 0 amide bonds. The van der Waals surface area contributed by atoms with Gasteiger partial charge in [-0.05, 0) is 23.8 Å². The van der Waals surface area contributed by atoms with Gasteiger partial charge in [0, 0.05) is 6.08 Å². The summed E-state index contributed by atoms with van der Waals surface area (Å²) in [5.41, 5.74) is 0.554. The molecule has 1 aromatic rings. The molecule has 4 N–H and O–H groups in total. The molecular formula is C15H18O8. The van der Waals surface area contributed by atoms with Gasteiger partial charge < -0.3 is 29.9 Å². The van der Waals surface area contributed by atoms with E-state index in [4.69, 9.17) is 14.9 Å². The average Bonchev–Trinajstić information content (AvgIpc) is 2.57. The van der Waals surface area contributed by atoms with E-state index in [-0.39, 0.29) is 11.5 Å². The second kappa shape index (κ2) is 8.89. The number of benzene rings is 1. The number of aliphatic hydroxyl groups is 3. The summed E-state index contributed by atoms with van der Waals surface area (Å²) in [6.07, 6.45) is -1.01. The van der Waals surface area contributed by atoms with E-state index < -0.39 is 37.2 Å². The highest BCUT2D eigenvalue weighted by molar-refractivity contribution is 5.91. The van der Waals surface area contributed by atoms with Gasteiger partial charge in [0.15, 0.2) is 18.1 Å². The highest BCUT2D eigenvalue weighted by Crippen LogP contribution is 2.26. The Morgan fingerprint density at radius 1 is 1.30 bits per heavy atom. The molecule has 1 rings (SSSR count). The Morgan fingerprint density at radius 3 is 2.61 bits per heavy atom. The molecule has 0 spiro atoms. The molecule has 23 heavy (non-hydrogen) atoms. The van der Waals surface area contributed by atoms with Crippen molar-refractivity contribution in [2.24, 2.45) is 0 Å². The van der Waals surface area contributed by atoms with Gasteiger partial charge in [0.2, 0.25) is 5.78 Å². The first-order valence-corrected chi connectivity index (χ1v) is 6.60. The Hall–Kier alpha value is -2.42. The van der Waals surface area contributed by atoms with Crippen molar-refractivity contribution >= 4 is 17.8 Å². The first-order chi connectivity index (χ1) is 10.9. The SMILES string of the molecule is COc1cc(C=CC(=O)OCC(=O)[C@H](O)[C@@H](O)CO)ccc1O. The quantitative estimate of drug-likeness (QED) is 0.362. The van der Waals surface area contributed by atoms with Gasteiger partial charge in [-0.1, -0.05) is 6.07 Å². The Balaban J connectivity index is 2.55. The van der Waals surface area contributed by atoms with Crippen molar-refractivity contribution in [1.82, 2.24) is 0 Å². The number of ketones is 1. The number of ether oxygens (including phenoxy) is 2. The largest absolute Gasteiger partial charge is 0.504 e. The minimum atomic E-state index is -1.82. The van der Waals surface area contributed by atoms with Crippen LogP contribution in [-0.4, -0.2) is 64.7 Å². The molecule has 0 fully saturated rings. The van der Waals surface area contributed by atoms with Crippen LogP contribution in [0.3, 0.4) is 0 Å². The molecule has 1 aromatic carbocycles. The molecule has 0 aliphatic heterocycles. The summed E-state index contributed by atoms with van der Waals surface area (Å²) < 4.78 is 9.53. The third-order valence-corrected chi connectivity index (χ3v) is 2.85. The number of methoxy groups -OCH3 is 1. The number of aromatic hydroxyl groups is 1. The first-order valence-electron chi connectivity index (χ1n) is 6.60. The number of aliphatic hydroxyl groups excluding tert-OH is 3. The monoisotopic (exact) mass is 326 g/mol. The fourth-order valence-electron chi connectivity index (χ4n) is 1.55. The predicted octanol–water partition coefficient (Wildman–Crippen LogP) is -0.760. The van der Waals surface area contributed by atoms with E-state index in [1.807, 2.05) is 0 Å². The summed E-state index contributed by atoms with van der Waals surface area (Å²) in [5.74, 6) is -1.58. The zero-order valence-electron chi connectivity index (χ0n) is 12.4. The average molecular weight is 326 g/mol. The highest BCUT2D eigenvalue weighted by atomic mass is 16.5. The van der Waals surface area contributed by atoms with Crippen LogP contribution < -0.4 is 4.74 Å². The van der Waals surface area contributed by atoms with Gasteiger partial charge in [0.1, 0.15) is 12.2 Å². The fraction of sp³-hybridized carbons (Fsp3) is 0.333. The summed E-state index contributed by atoms with van der Waals surface area (Å²) in [6, 6.07) is 4.42. The number of rotatable bonds is 8. The van der Waals surface area contributed by atoms with Crippen molar-refractivity contribution in [3.05, 3.63) is 29.8 Å². The normalized spacial score (nSPS) is 13.6. The molecule has 0 heterocycles. The lowest BCUT2D eigenvalue weighted by Crippen LogP contribution is -2.38. The maximum atomic E-state index is 11.5. The molecule has 0 aliphatic carbocycles. The molecule has 0 radical (unpaired) electrons. The number of carbonyl (C=O) groups is 2. The van der Waals surface area contributed by atoms with E-state index in [9.17, 15) is 19.8 Å². The summed E-state index contributed by atoms with van der Waals surface area (Å²) in [6.45, 7) is -1.52. The number of esters is 1. The van der Waals surface area contributed by atoms with Gasteiger partial charge in [0.25, 0.3) is 0 Å². The summed E-state index contributed by atoms with van der Waals surface area (Å²) in [5, 5.41) is 36.4. The zero-order chi connectivity index (χ0) is 17.4. The van der Waals surface area contributed by atoms with Gasteiger partial charge in [-0.25, -0.2) is 4.79 Å². The van der Waals surface area contributed by atoms with Crippen molar-refractivity contribution < 1.29 is 39.5 Å². The van der Waals surface area contributed by atoms with Crippen LogP contribution in [0.5, 0.6) is 11.5 Å². The van der Waals surface area contributed by atoms with Gasteiger partial charge >= 0.3 is 5.97 Å². The second-order valence-corrected chi connectivity index (χ2v) is 4.53. The Bertz CT molecular complexity index is 581. The first kappa shape index (κ1) is 18.6. The van der Waals surface area contributed by atoms with E-state index in [1.54, 1.807) is 0 Å². The molecule has 0 saturated carbocycles. The van der Waals surface area contributed by atoms with E-state index >= 15 is 0 Å². The molecule has 0 aromatic heterocycles. The maximum absolute atomic E-state index is 11.5. The molecular weight excluding hydrogens is 308 g/mol. The van der Waals surface area contributed by atoms with Crippen molar-refractivity contribution in [3.8, 4) is 11.5 Å². The van der Waals surface area contributed by atoms with E-state index in [1.165, 1.54) is 31.4 Å². The fourth-order valence-corrected chi connectivity index (χ4v) is 1.55.